The van der Waals surface area contributed by atoms with Gasteiger partial charge in [-0.1, -0.05) is 6.07 Å². The van der Waals surface area contributed by atoms with E-state index in [0.717, 1.165) is 70.2 Å². The smallest absolute Gasteiger partial charge is 0.193 e. The molecule has 1 N–H and O–H groups in total. The molecule has 1 aliphatic heterocycles. The summed E-state index contributed by atoms with van der Waals surface area (Å²) < 4.78 is 25.5. The van der Waals surface area contributed by atoms with Gasteiger partial charge in [-0.15, -0.1) is 0 Å². The number of methoxy groups -OCH3 is 1. The van der Waals surface area contributed by atoms with E-state index in [4.69, 9.17) is 9.47 Å². The van der Waals surface area contributed by atoms with Crippen LogP contribution in [0.4, 0.5) is 10.1 Å². The number of hydrogen-bond donors (Lipinski definition) is 1. The number of hydrogen-bond acceptors (Lipinski definition) is 4. The molecular formula is C22H37FN4O2. The van der Waals surface area contributed by atoms with E-state index < -0.39 is 0 Å². The number of nitrogens with zero attached hydrogens (tertiary/aromatic N) is 3. The fourth-order valence-electron chi connectivity index (χ4n) is 3.68. The SMILES string of the molecule is CCN(CC)c1ccc(CNC(=NC)N2CCC(OCCCOC)CC2)cc1F. The lowest BCUT2D eigenvalue weighted by atomic mass is 10.1. The van der Waals surface area contributed by atoms with Gasteiger partial charge in [0.05, 0.1) is 11.8 Å². The Bertz CT molecular complexity index is 629. The Balaban J connectivity index is 1.82. The molecule has 0 spiro atoms. The average molecular weight is 409 g/mol. The van der Waals surface area contributed by atoms with Crippen LogP contribution >= 0.6 is 0 Å². The molecule has 6 nitrogen and oxygen atoms in total. The summed E-state index contributed by atoms with van der Waals surface area (Å²) in [6.07, 6.45) is 3.22. The first kappa shape index (κ1) is 23.4. The number of guanidine groups is 1. The second kappa shape index (κ2) is 12.6. The van der Waals surface area contributed by atoms with Gasteiger partial charge in [-0.05, 0) is 50.8 Å². The molecule has 0 bridgehead atoms. The molecule has 1 saturated heterocycles. The van der Waals surface area contributed by atoms with Crippen molar-refractivity contribution in [1.29, 1.82) is 0 Å². The van der Waals surface area contributed by atoms with E-state index in [1.807, 2.05) is 30.9 Å². The van der Waals surface area contributed by atoms with Crippen molar-refractivity contribution in [2.75, 3.05) is 58.5 Å². The Morgan fingerprint density at radius 2 is 1.97 bits per heavy atom. The quantitative estimate of drug-likeness (QED) is 0.366. The highest BCUT2D eigenvalue weighted by Gasteiger charge is 2.21. The standard InChI is InChI=1S/C22H37FN4O2/c1-5-26(6-2)21-9-8-18(16-20(21)23)17-25-22(24-3)27-12-10-19(11-13-27)29-15-7-14-28-4/h8-9,16,19H,5-7,10-15,17H2,1-4H3,(H,24,25). The minimum atomic E-state index is -0.172. The second-order valence-electron chi connectivity index (χ2n) is 7.26. The van der Waals surface area contributed by atoms with Crippen LogP contribution in [0, 0.1) is 5.82 Å². The summed E-state index contributed by atoms with van der Waals surface area (Å²) in [5, 5.41) is 3.37. The summed E-state index contributed by atoms with van der Waals surface area (Å²) in [6.45, 7) is 9.52. The van der Waals surface area contributed by atoms with E-state index in [1.54, 1.807) is 20.2 Å². The van der Waals surface area contributed by atoms with Gasteiger partial charge < -0.3 is 24.6 Å². The highest BCUT2D eigenvalue weighted by Crippen LogP contribution is 2.20. The predicted octanol–water partition coefficient (Wildman–Crippen LogP) is 3.26. The molecule has 1 heterocycles. The van der Waals surface area contributed by atoms with Gasteiger partial charge in [0.25, 0.3) is 0 Å². The summed E-state index contributed by atoms with van der Waals surface area (Å²) in [6, 6.07) is 5.47. The molecule has 1 aliphatic rings. The summed E-state index contributed by atoms with van der Waals surface area (Å²) in [7, 11) is 3.50. The van der Waals surface area contributed by atoms with Crippen LogP contribution in [0.15, 0.2) is 23.2 Å². The first-order valence-electron chi connectivity index (χ1n) is 10.7. The number of rotatable bonds is 10. The van der Waals surface area contributed by atoms with E-state index in [0.29, 0.717) is 18.3 Å². The molecule has 2 rings (SSSR count). The predicted molar refractivity (Wildman–Crippen MR) is 117 cm³/mol. The van der Waals surface area contributed by atoms with E-state index >= 15 is 0 Å². The number of piperidine rings is 1. The van der Waals surface area contributed by atoms with Crippen molar-refractivity contribution in [3.8, 4) is 0 Å². The van der Waals surface area contributed by atoms with Gasteiger partial charge in [-0.3, -0.25) is 4.99 Å². The lowest BCUT2D eigenvalue weighted by molar-refractivity contribution is 0.00989. The molecule has 1 aromatic rings. The maximum absolute atomic E-state index is 14.5. The van der Waals surface area contributed by atoms with Crippen LogP contribution in [-0.2, 0) is 16.0 Å². The van der Waals surface area contributed by atoms with Crippen molar-refractivity contribution in [2.45, 2.75) is 45.8 Å². The first-order valence-corrected chi connectivity index (χ1v) is 10.7. The zero-order valence-electron chi connectivity index (χ0n) is 18.4. The number of ether oxygens (including phenoxy) is 2. The van der Waals surface area contributed by atoms with Crippen LogP contribution in [-0.4, -0.2) is 70.5 Å². The first-order chi connectivity index (χ1) is 14.1. The number of nitrogens with one attached hydrogen (secondary N) is 1. The third-order valence-corrected chi connectivity index (χ3v) is 5.37. The monoisotopic (exact) mass is 408 g/mol. The van der Waals surface area contributed by atoms with Crippen LogP contribution < -0.4 is 10.2 Å². The molecule has 1 fully saturated rings. The Kier molecular flexibility index (Phi) is 10.2. The van der Waals surface area contributed by atoms with Crippen LogP contribution in [0.2, 0.25) is 0 Å². The Morgan fingerprint density at radius 1 is 1.24 bits per heavy atom. The summed E-state index contributed by atoms with van der Waals surface area (Å²) in [5.74, 6) is 0.686. The normalized spacial score (nSPS) is 15.6. The third-order valence-electron chi connectivity index (χ3n) is 5.37. The summed E-state index contributed by atoms with van der Waals surface area (Å²) in [5.41, 5.74) is 1.58. The second-order valence-corrected chi connectivity index (χ2v) is 7.26. The van der Waals surface area contributed by atoms with E-state index in [2.05, 4.69) is 15.2 Å². The van der Waals surface area contributed by atoms with Gasteiger partial charge in [0.15, 0.2) is 5.96 Å². The maximum atomic E-state index is 14.5. The van der Waals surface area contributed by atoms with Gasteiger partial charge in [-0.2, -0.15) is 0 Å². The van der Waals surface area contributed by atoms with E-state index in [-0.39, 0.29) is 5.82 Å². The number of aliphatic imine (C=N–C) groups is 1. The Morgan fingerprint density at radius 3 is 2.55 bits per heavy atom. The van der Waals surface area contributed by atoms with Gasteiger partial charge in [0, 0.05) is 60.1 Å². The lowest BCUT2D eigenvalue weighted by Crippen LogP contribution is -2.46. The number of likely N-dealkylation sites (tertiary alicyclic amines) is 1. The van der Waals surface area contributed by atoms with E-state index in [9.17, 15) is 4.39 Å². The zero-order chi connectivity index (χ0) is 21.1. The number of benzene rings is 1. The Labute approximate surface area is 175 Å². The average Bonchev–Trinajstić information content (AvgIpc) is 2.75. The fraction of sp³-hybridized carbons (Fsp3) is 0.682. The third kappa shape index (κ3) is 7.16. The molecule has 0 radical (unpaired) electrons. The highest BCUT2D eigenvalue weighted by atomic mass is 19.1. The maximum Gasteiger partial charge on any atom is 0.193 e. The molecule has 0 saturated carbocycles. The molecule has 0 unspecified atom stereocenters. The van der Waals surface area contributed by atoms with Crippen molar-refractivity contribution >= 4 is 11.6 Å². The summed E-state index contributed by atoms with van der Waals surface area (Å²) in [4.78, 5) is 8.67. The zero-order valence-corrected chi connectivity index (χ0v) is 18.4. The molecule has 29 heavy (non-hydrogen) atoms. The van der Waals surface area contributed by atoms with Crippen LogP contribution in [0.25, 0.3) is 0 Å². The highest BCUT2D eigenvalue weighted by molar-refractivity contribution is 5.80. The van der Waals surface area contributed by atoms with Crippen LogP contribution in [0.3, 0.4) is 0 Å². The van der Waals surface area contributed by atoms with Gasteiger partial charge in [-0.25, -0.2) is 4.39 Å². The molecule has 0 amide bonds. The van der Waals surface area contributed by atoms with Crippen molar-refractivity contribution < 1.29 is 13.9 Å². The van der Waals surface area contributed by atoms with Crippen molar-refractivity contribution in [2.24, 2.45) is 4.99 Å². The van der Waals surface area contributed by atoms with Gasteiger partial charge in [0.2, 0.25) is 0 Å². The number of halogens is 1. The minimum absolute atomic E-state index is 0.172. The lowest BCUT2D eigenvalue weighted by Gasteiger charge is -2.34. The van der Waals surface area contributed by atoms with Crippen LogP contribution in [0.5, 0.6) is 0 Å². The molecule has 7 heteroatoms. The minimum Gasteiger partial charge on any atom is -0.385 e. The largest absolute Gasteiger partial charge is 0.385 e. The Hall–Kier alpha value is -1.86. The molecule has 0 atom stereocenters. The summed E-state index contributed by atoms with van der Waals surface area (Å²) >= 11 is 0. The molecule has 0 aromatic heterocycles. The fourth-order valence-corrected chi connectivity index (χ4v) is 3.68. The number of anilines is 1. The topological polar surface area (TPSA) is 49.3 Å². The van der Waals surface area contributed by atoms with Gasteiger partial charge >= 0.3 is 0 Å². The molecule has 1 aromatic carbocycles. The van der Waals surface area contributed by atoms with E-state index in [1.165, 1.54) is 0 Å². The van der Waals surface area contributed by atoms with Crippen molar-refractivity contribution in [1.82, 2.24) is 10.2 Å². The van der Waals surface area contributed by atoms with Gasteiger partial charge in [0.1, 0.15) is 5.82 Å². The van der Waals surface area contributed by atoms with Crippen molar-refractivity contribution in [3.05, 3.63) is 29.6 Å². The molecule has 0 aliphatic carbocycles. The molecule has 164 valence electrons. The van der Waals surface area contributed by atoms with Crippen molar-refractivity contribution in [3.63, 3.8) is 0 Å². The molecular weight excluding hydrogens is 371 g/mol. The van der Waals surface area contributed by atoms with Crippen LogP contribution in [0.1, 0.15) is 38.7 Å².